The Bertz CT molecular complexity index is 111. The van der Waals surface area contributed by atoms with Crippen molar-refractivity contribution in [3.63, 3.8) is 0 Å². The smallest absolute Gasteiger partial charge is 0.00183 e. The lowest BCUT2D eigenvalue weighted by molar-refractivity contribution is 0.327. The summed E-state index contributed by atoms with van der Waals surface area (Å²) in [7, 11) is 0. The van der Waals surface area contributed by atoms with Crippen molar-refractivity contribution in [1.82, 2.24) is 4.90 Å². The fourth-order valence-electron chi connectivity index (χ4n) is 2.12. The molecule has 0 saturated carbocycles. The molecule has 14 heavy (non-hydrogen) atoms. The van der Waals surface area contributed by atoms with Crippen LogP contribution in [-0.2, 0) is 0 Å². The van der Waals surface area contributed by atoms with E-state index in [1.165, 1.54) is 71.0 Å². The van der Waals surface area contributed by atoms with Crippen molar-refractivity contribution in [2.24, 2.45) is 0 Å². The van der Waals surface area contributed by atoms with Crippen LogP contribution in [0.3, 0.4) is 0 Å². The Kier molecular flexibility index (Phi) is 9.37. The Morgan fingerprint density at radius 3 is 2.07 bits per heavy atom. The molecule has 0 aromatic carbocycles. The minimum absolute atomic E-state index is 0. The molecule has 0 aliphatic carbocycles. The Morgan fingerprint density at radius 2 is 1.43 bits per heavy atom. The molecule has 0 unspecified atom stereocenters. The summed E-state index contributed by atoms with van der Waals surface area (Å²) in [5, 5.41) is 0. The van der Waals surface area contributed by atoms with Gasteiger partial charge in [-0.2, -0.15) is 0 Å². The van der Waals surface area contributed by atoms with Crippen LogP contribution in [0.4, 0.5) is 4.70 Å². The van der Waals surface area contributed by atoms with Crippen molar-refractivity contribution in [3.05, 3.63) is 0 Å². The molecule has 0 bridgehead atoms. The third-order valence-corrected chi connectivity index (χ3v) is 3.03. The summed E-state index contributed by atoms with van der Waals surface area (Å²) < 4.78 is 0. The van der Waals surface area contributed by atoms with Crippen molar-refractivity contribution >= 4 is 0 Å². The molecule has 2 heteroatoms. The summed E-state index contributed by atoms with van der Waals surface area (Å²) in [4.78, 5) is 2.62. The molecule has 1 aliphatic heterocycles. The molecular weight excluding hydrogens is 177 g/mol. The molecule has 1 nitrogen and oxygen atoms in total. The number of nitrogens with zero attached hydrogens (tertiary/aromatic N) is 1. The van der Waals surface area contributed by atoms with Gasteiger partial charge in [0.25, 0.3) is 0 Å². The van der Waals surface area contributed by atoms with Crippen LogP contribution in [0.2, 0.25) is 0 Å². The number of rotatable bonds is 7. The van der Waals surface area contributed by atoms with Crippen LogP contribution in [-0.4, -0.2) is 24.5 Å². The van der Waals surface area contributed by atoms with E-state index in [1.54, 1.807) is 0 Å². The van der Waals surface area contributed by atoms with Gasteiger partial charge in [0.2, 0.25) is 0 Å². The number of likely N-dealkylation sites (tertiary alicyclic amines) is 1. The lowest BCUT2D eigenvalue weighted by Crippen LogP contribution is -2.20. The lowest BCUT2D eigenvalue weighted by Gasteiger charge is -2.13. The lowest BCUT2D eigenvalue weighted by atomic mass is 10.1. The minimum atomic E-state index is 0. The van der Waals surface area contributed by atoms with Gasteiger partial charge in [-0.15, -0.1) is 0 Å². The SMILES string of the molecule is CCCCCCCCN1CCCC1.F. The van der Waals surface area contributed by atoms with Gasteiger partial charge in [-0.25, -0.2) is 0 Å². The molecule has 1 heterocycles. The van der Waals surface area contributed by atoms with Crippen molar-refractivity contribution in [3.8, 4) is 0 Å². The van der Waals surface area contributed by atoms with Crippen molar-refractivity contribution in [2.45, 2.75) is 58.3 Å². The van der Waals surface area contributed by atoms with E-state index in [0.29, 0.717) is 0 Å². The topological polar surface area (TPSA) is 3.24 Å². The van der Waals surface area contributed by atoms with Gasteiger partial charge in [-0.05, 0) is 38.9 Å². The molecule has 0 radical (unpaired) electrons. The van der Waals surface area contributed by atoms with E-state index >= 15 is 0 Å². The average Bonchev–Trinajstić information content (AvgIpc) is 2.63. The van der Waals surface area contributed by atoms with Crippen LogP contribution in [0.15, 0.2) is 0 Å². The third kappa shape index (κ3) is 6.36. The molecule has 1 rings (SSSR count). The molecule has 86 valence electrons. The van der Waals surface area contributed by atoms with Gasteiger partial charge in [0.05, 0.1) is 0 Å². The average molecular weight is 203 g/mol. The zero-order chi connectivity index (χ0) is 9.36. The van der Waals surface area contributed by atoms with Crippen LogP contribution in [0.1, 0.15) is 58.3 Å². The van der Waals surface area contributed by atoms with Gasteiger partial charge in [0.1, 0.15) is 0 Å². The maximum absolute atomic E-state index is 2.62. The van der Waals surface area contributed by atoms with Crippen LogP contribution in [0, 0.1) is 0 Å². The Balaban J connectivity index is 0.00000169. The highest BCUT2D eigenvalue weighted by Crippen LogP contribution is 2.10. The van der Waals surface area contributed by atoms with E-state index in [-0.39, 0.29) is 4.70 Å². The molecule has 0 atom stereocenters. The summed E-state index contributed by atoms with van der Waals surface area (Å²) in [6.07, 6.45) is 11.5. The highest BCUT2D eigenvalue weighted by Gasteiger charge is 2.09. The van der Waals surface area contributed by atoms with Gasteiger partial charge in [0.15, 0.2) is 0 Å². The molecule has 1 aliphatic rings. The molecule has 0 N–H and O–H groups in total. The Morgan fingerprint density at radius 1 is 0.857 bits per heavy atom. The predicted molar refractivity (Wildman–Crippen MR) is 61.6 cm³/mol. The van der Waals surface area contributed by atoms with Gasteiger partial charge >= 0.3 is 0 Å². The minimum Gasteiger partial charge on any atom is -0.303 e. The van der Waals surface area contributed by atoms with Crippen LogP contribution in [0.5, 0.6) is 0 Å². The summed E-state index contributed by atoms with van der Waals surface area (Å²) in [5.41, 5.74) is 0. The van der Waals surface area contributed by atoms with E-state index < -0.39 is 0 Å². The molecule has 0 spiro atoms. The standard InChI is InChI=1S/C12H25N.FH/c1-2-3-4-5-6-7-10-13-11-8-9-12-13;/h2-12H2,1H3;1H. The second kappa shape index (κ2) is 9.45. The number of halogens is 1. The number of unbranched alkanes of at least 4 members (excludes halogenated alkanes) is 5. The fraction of sp³-hybridized carbons (Fsp3) is 1.00. The quantitative estimate of drug-likeness (QED) is 0.571. The normalized spacial score (nSPS) is 16.9. The van der Waals surface area contributed by atoms with E-state index in [9.17, 15) is 0 Å². The zero-order valence-electron chi connectivity index (χ0n) is 9.63. The van der Waals surface area contributed by atoms with Crippen LogP contribution in [0.25, 0.3) is 0 Å². The predicted octanol–water partition coefficient (Wildman–Crippen LogP) is 3.60. The first-order valence-corrected chi connectivity index (χ1v) is 6.16. The highest BCUT2D eigenvalue weighted by atomic mass is 19.0. The molecule has 1 fully saturated rings. The van der Waals surface area contributed by atoms with Crippen molar-refractivity contribution in [1.29, 1.82) is 0 Å². The van der Waals surface area contributed by atoms with Gasteiger partial charge in [0, 0.05) is 0 Å². The van der Waals surface area contributed by atoms with Crippen LogP contribution >= 0.6 is 0 Å². The van der Waals surface area contributed by atoms with Gasteiger partial charge in [-0.3, -0.25) is 4.70 Å². The maximum atomic E-state index is 2.62. The first kappa shape index (κ1) is 13.9. The fourth-order valence-corrected chi connectivity index (χ4v) is 2.12. The third-order valence-electron chi connectivity index (χ3n) is 3.03. The second-order valence-corrected chi connectivity index (χ2v) is 4.32. The first-order valence-electron chi connectivity index (χ1n) is 6.16. The maximum Gasteiger partial charge on any atom is -0.00183 e. The summed E-state index contributed by atoms with van der Waals surface area (Å²) >= 11 is 0. The van der Waals surface area contributed by atoms with Crippen LogP contribution < -0.4 is 0 Å². The first-order chi connectivity index (χ1) is 6.43. The molecule has 1 saturated heterocycles. The van der Waals surface area contributed by atoms with Gasteiger partial charge < -0.3 is 4.90 Å². The summed E-state index contributed by atoms with van der Waals surface area (Å²) in [6.45, 7) is 6.39. The monoisotopic (exact) mass is 203 g/mol. The zero-order valence-corrected chi connectivity index (χ0v) is 9.63. The van der Waals surface area contributed by atoms with Gasteiger partial charge in [-0.1, -0.05) is 39.0 Å². The number of hydrogen-bond donors (Lipinski definition) is 0. The largest absolute Gasteiger partial charge is 0.303 e. The summed E-state index contributed by atoms with van der Waals surface area (Å²) in [5.74, 6) is 0. The highest BCUT2D eigenvalue weighted by molar-refractivity contribution is 4.65. The molecular formula is C12H26FN. The Hall–Kier alpha value is -0.110. The van der Waals surface area contributed by atoms with Crippen molar-refractivity contribution < 1.29 is 4.70 Å². The number of hydrogen-bond acceptors (Lipinski definition) is 1. The van der Waals surface area contributed by atoms with E-state index in [1.807, 2.05) is 0 Å². The second-order valence-electron chi connectivity index (χ2n) is 4.32. The summed E-state index contributed by atoms with van der Waals surface area (Å²) in [6, 6.07) is 0. The Labute approximate surface area is 88.2 Å². The molecule has 0 aromatic heterocycles. The van der Waals surface area contributed by atoms with E-state index in [2.05, 4.69) is 11.8 Å². The van der Waals surface area contributed by atoms with E-state index in [0.717, 1.165) is 0 Å². The van der Waals surface area contributed by atoms with Crippen molar-refractivity contribution in [2.75, 3.05) is 19.6 Å². The molecule has 0 amide bonds. The molecule has 0 aromatic rings. The van der Waals surface area contributed by atoms with E-state index in [4.69, 9.17) is 0 Å².